The molecule has 0 spiro atoms. The number of allylic oxidation sites excluding steroid dienone is 2. The second kappa shape index (κ2) is 8.60. The smallest absolute Gasteiger partial charge is 0.330 e. The van der Waals surface area contributed by atoms with Crippen molar-refractivity contribution in [2.24, 2.45) is 0 Å². The van der Waals surface area contributed by atoms with Crippen LogP contribution >= 0.6 is 0 Å². The number of likely N-dealkylation sites (tertiary alicyclic amines) is 1. The second-order valence-electron chi connectivity index (χ2n) is 6.31. The summed E-state index contributed by atoms with van der Waals surface area (Å²) >= 11 is 0. The Kier molecular flexibility index (Phi) is 7.13. The van der Waals surface area contributed by atoms with Crippen LogP contribution in [0.2, 0.25) is 0 Å². The predicted molar refractivity (Wildman–Crippen MR) is 86.4 cm³/mol. The molecule has 1 heterocycles. The first kappa shape index (κ1) is 19.1. The van der Waals surface area contributed by atoms with Gasteiger partial charge in [-0.25, -0.2) is 4.79 Å². The van der Waals surface area contributed by atoms with Crippen LogP contribution in [0.4, 0.5) is 0 Å². The van der Waals surface area contributed by atoms with Gasteiger partial charge in [0.1, 0.15) is 11.3 Å². The number of aliphatic hydroxyl groups is 1. The van der Waals surface area contributed by atoms with E-state index in [0.717, 1.165) is 6.42 Å². The molecule has 23 heavy (non-hydrogen) atoms. The normalized spacial score (nSPS) is 17.5. The summed E-state index contributed by atoms with van der Waals surface area (Å²) in [5, 5.41) is 9.81. The molecule has 0 aromatic heterocycles. The van der Waals surface area contributed by atoms with Gasteiger partial charge in [0.25, 0.3) is 5.95 Å². The number of rotatable bonds is 6. The number of esters is 1. The Labute approximate surface area is 137 Å². The minimum absolute atomic E-state index is 0.0856. The number of nitrogens with zero attached hydrogens (tertiary/aromatic N) is 1. The molecular weight excluding hydrogens is 298 g/mol. The van der Waals surface area contributed by atoms with Crippen LogP contribution in [0.15, 0.2) is 23.8 Å². The number of ether oxygens (including phenoxy) is 2. The molecule has 0 radical (unpaired) electrons. The maximum Gasteiger partial charge on any atom is 0.330 e. The summed E-state index contributed by atoms with van der Waals surface area (Å²) in [5.74, 6) is -0.666. The molecule has 6 nitrogen and oxygen atoms in total. The summed E-state index contributed by atoms with van der Waals surface area (Å²) in [5.41, 5.74) is 0.0245. The van der Waals surface area contributed by atoms with Crippen LogP contribution in [0.5, 0.6) is 0 Å². The van der Waals surface area contributed by atoms with Crippen LogP contribution in [-0.2, 0) is 19.1 Å². The third-order valence-corrected chi connectivity index (χ3v) is 3.14. The third kappa shape index (κ3) is 6.76. The molecule has 0 aromatic rings. The number of hydrogen-bond acceptors (Lipinski definition) is 5. The second-order valence-corrected chi connectivity index (χ2v) is 6.31. The number of hydrogen-bond donors (Lipinski definition) is 1. The maximum atomic E-state index is 12.2. The lowest BCUT2D eigenvalue weighted by atomic mass is 10.2. The Morgan fingerprint density at radius 2 is 2.04 bits per heavy atom. The van der Waals surface area contributed by atoms with Gasteiger partial charge in [0.15, 0.2) is 0 Å². The lowest BCUT2D eigenvalue weighted by molar-refractivity contribution is -0.148. The molecule has 0 atom stereocenters. The average molecular weight is 325 g/mol. The molecule has 0 aliphatic carbocycles. The van der Waals surface area contributed by atoms with E-state index in [0.29, 0.717) is 31.7 Å². The van der Waals surface area contributed by atoms with Crippen LogP contribution in [0.3, 0.4) is 0 Å². The quantitative estimate of drug-likeness (QED) is 0.461. The summed E-state index contributed by atoms with van der Waals surface area (Å²) in [6, 6.07) is 0. The fourth-order valence-electron chi connectivity index (χ4n) is 2.25. The highest BCUT2D eigenvalue weighted by molar-refractivity contribution is 5.82. The number of carbonyl (C=O) groups is 2. The maximum absolute atomic E-state index is 12.2. The van der Waals surface area contributed by atoms with Gasteiger partial charge in [-0.2, -0.15) is 0 Å². The summed E-state index contributed by atoms with van der Waals surface area (Å²) < 4.78 is 10.2. The molecule has 1 rings (SSSR count). The Hall–Kier alpha value is -1.98. The fourth-order valence-corrected chi connectivity index (χ4v) is 2.25. The Morgan fingerprint density at radius 3 is 2.65 bits per heavy atom. The summed E-state index contributed by atoms with van der Waals surface area (Å²) in [4.78, 5) is 25.3. The zero-order chi connectivity index (χ0) is 17.5. The van der Waals surface area contributed by atoms with E-state index in [1.807, 2.05) is 0 Å². The van der Waals surface area contributed by atoms with E-state index < -0.39 is 11.6 Å². The molecule has 1 aliphatic rings. The van der Waals surface area contributed by atoms with Gasteiger partial charge in [-0.15, -0.1) is 0 Å². The monoisotopic (exact) mass is 325 g/mol. The highest BCUT2D eigenvalue weighted by Crippen LogP contribution is 2.25. The van der Waals surface area contributed by atoms with E-state index in [1.165, 1.54) is 6.08 Å². The molecule has 1 saturated heterocycles. The molecule has 130 valence electrons. The molecular formula is C17H27NO5. The summed E-state index contributed by atoms with van der Waals surface area (Å²) in [6.45, 7) is 8.12. The van der Waals surface area contributed by atoms with Crippen molar-refractivity contribution < 1.29 is 24.2 Å². The Bertz CT molecular complexity index is 488. The van der Waals surface area contributed by atoms with Crippen molar-refractivity contribution >= 4 is 11.9 Å². The molecule has 1 aliphatic heterocycles. The number of amides is 1. The van der Waals surface area contributed by atoms with Crippen molar-refractivity contribution in [3.8, 4) is 0 Å². The standard InChI is InChI=1S/C17H27NO5/c1-5-22-16(21)13-9-8-12-18(13)14(19)10-6-7-11-15(20)23-17(2,3)4/h7,11,21H,5-6,8-10,12H2,1-4H3/b11-7+,16-13+. The molecule has 1 N–H and O–H groups in total. The molecule has 0 unspecified atom stereocenters. The van der Waals surface area contributed by atoms with Crippen molar-refractivity contribution in [1.82, 2.24) is 4.90 Å². The van der Waals surface area contributed by atoms with E-state index >= 15 is 0 Å². The van der Waals surface area contributed by atoms with Crippen molar-refractivity contribution in [2.45, 2.75) is 59.0 Å². The predicted octanol–water partition coefficient (Wildman–Crippen LogP) is 3.05. The van der Waals surface area contributed by atoms with Crippen LogP contribution in [0.25, 0.3) is 0 Å². The first-order chi connectivity index (χ1) is 10.7. The largest absolute Gasteiger partial charge is 0.480 e. The molecule has 6 heteroatoms. The van der Waals surface area contributed by atoms with Crippen LogP contribution in [-0.4, -0.2) is 40.6 Å². The summed E-state index contributed by atoms with van der Waals surface area (Å²) in [7, 11) is 0. The fraction of sp³-hybridized carbons (Fsp3) is 0.647. The molecule has 0 aromatic carbocycles. The van der Waals surface area contributed by atoms with Crippen LogP contribution in [0.1, 0.15) is 53.4 Å². The Morgan fingerprint density at radius 1 is 1.35 bits per heavy atom. The van der Waals surface area contributed by atoms with E-state index in [-0.39, 0.29) is 18.3 Å². The van der Waals surface area contributed by atoms with Gasteiger partial charge < -0.3 is 19.5 Å². The van der Waals surface area contributed by atoms with Gasteiger partial charge in [-0.05, 0) is 47.0 Å². The SMILES string of the molecule is CCO/C(O)=C1\CCCN1C(=O)CC/C=C/C(=O)OC(C)(C)C. The summed E-state index contributed by atoms with van der Waals surface area (Å²) in [6.07, 6.45) is 5.13. The molecule has 1 amide bonds. The van der Waals surface area contributed by atoms with Gasteiger partial charge in [0.2, 0.25) is 5.91 Å². The number of aliphatic hydroxyl groups excluding tert-OH is 1. The van der Waals surface area contributed by atoms with E-state index in [2.05, 4.69) is 0 Å². The van der Waals surface area contributed by atoms with Crippen molar-refractivity contribution in [2.75, 3.05) is 13.2 Å². The molecule has 0 bridgehead atoms. The van der Waals surface area contributed by atoms with Gasteiger partial charge in [-0.1, -0.05) is 6.08 Å². The topological polar surface area (TPSA) is 76.1 Å². The zero-order valence-corrected chi connectivity index (χ0v) is 14.4. The zero-order valence-electron chi connectivity index (χ0n) is 14.4. The van der Waals surface area contributed by atoms with E-state index in [4.69, 9.17) is 9.47 Å². The number of carbonyl (C=O) groups excluding carboxylic acids is 2. The van der Waals surface area contributed by atoms with E-state index in [1.54, 1.807) is 38.7 Å². The highest BCUT2D eigenvalue weighted by atomic mass is 16.6. The van der Waals surface area contributed by atoms with Gasteiger partial charge in [0, 0.05) is 19.0 Å². The van der Waals surface area contributed by atoms with Crippen LogP contribution in [0, 0.1) is 0 Å². The van der Waals surface area contributed by atoms with Gasteiger partial charge in [0.05, 0.1) is 6.61 Å². The third-order valence-electron chi connectivity index (χ3n) is 3.14. The van der Waals surface area contributed by atoms with Crippen molar-refractivity contribution in [1.29, 1.82) is 0 Å². The minimum atomic E-state index is -0.525. The average Bonchev–Trinajstić information content (AvgIpc) is 2.91. The van der Waals surface area contributed by atoms with Crippen LogP contribution < -0.4 is 0 Å². The van der Waals surface area contributed by atoms with E-state index in [9.17, 15) is 14.7 Å². The minimum Gasteiger partial charge on any atom is -0.480 e. The first-order valence-corrected chi connectivity index (χ1v) is 7.99. The molecule has 1 fully saturated rings. The van der Waals surface area contributed by atoms with Crippen molar-refractivity contribution in [3.05, 3.63) is 23.8 Å². The Balaban J connectivity index is 2.48. The van der Waals surface area contributed by atoms with Crippen molar-refractivity contribution in [3.63, 3.8) is 0 Å². The van der Waals surface area contributed by atoms with Gasteiger partial charge in [-0.3, -0.25) is 4.79 Å². The van der Waals surface area contributed by atoms with Gasteiger partial charge >= 0.3 is 5.97 Å². The molecule has 0 saturated carbocycles. The lowest BCUT2D eigenvalue weighted by Crippen LogP contribution is -2.27. The first-order valence-electron chi connectivity index (χ1n) is 7.99. The lowest BCUT2D eigenvalue weighted by Gasteiger charge is -2.18. The highest BCUT2D eigenvalue weighted by Gasteiger charge is 2.26.